The number of rotatable bonds is 5. The van der Waals surface area contributed by atoms with E-state index in [0.29, 0.717) is 5.92 Å². The van der Waals surface area contributed by atoms with E-state index in [-0.39, 0.29) is 18.4 Å². The van der Waals surface area contributed by atoms with Gasteiger partial charge in [-0.2, -0.15) is 0 Å². The van der Waals surface area contributed by atoms with Crippen molar-refractivity contribution in [3.8, 4) is 5.75 Å². The predicted octanol–water partition coefficient (Wildman–Crippen LogP) is 2.45. The lowest BCUT2D eigenvalue weighted by Gasteiger charge is -2.13. The molecule has 0 aliphatic heterocycles. The highest BCUT2D eigenvalue weighted by Crippen LogP contribution is 2.19. The predicted molar refractivity (Wildman–Crippen MR) is 64.4 cm³/mol. The quantitative estimate of drug-likeness (QED) is 0.830. The van der Waals surface area contributed by atoms with Crippen molar-refractivity contribution in [3.05, 3.63) is 29.8 Å². The summed E-state index contributed by atoms with van der Waals surface area (Å²) in [7, 11) is 0. The molecule has 0 aliphatic carbocycles. The Hall–Kier alpha value is -1.51. The summed E-state index contributed by atoms with van der Waals surface area (Å²) in [5, 5.41) is 0. The normalized spacial score (nSPS) is 12.5. The van der Waals surface area contributed by atoms with Crippen LogP contribution in [-0.2, 0) is 4.79 Å². The number of ether oxygens (including phenoxy) is 1. The largest absolute Gasteiger partial charge is 0.490 e. The zero-order chi connectivity index (χ0) is 12.1. The van der Waals surface area contributed by atoms with E-state index in [0.717, 1.165) is 5.75 Å². The van der Waals surface area contributed by atoms with Crippen LogP contribution in [-0.4, -0.2) is 12.0 Å². The molecule has 0 saturated heterocycles. The smallest absolute Gasteiger partial charge is 0.221 e. The molecule has 0 saturated carbocycles. The van der Waals surface area contributed by atoms with E-state index in [2.05, 4.69) is 13.8 Å². The minimum atomic E-state index is -0.341. The van der Waals surface area contributed by atoms with Crippen molar-refractivity contribution in [2.24, 2.45) is 5.73 Å². The second kappa shape index (κ2) is 5.54. The summed E-state index contributed by atoms with van der Waals surface area (Å²) in [5.74, 6) is 0.946. The number of amides is 1. The molecule has 3 nitrogen and oxygen atoms in total. The third-order valence-corrected chi connectivity index (χ3v) is 2.37. The Morgan fingerprint density at radius 3 is 2.25 bits per heavy atom. The Labute approximate surface area is 96.6 Å². The Morgan fingerprint density at radius 1 is 1.25 bits per heavy atom. The summed E-state index contributed by atoms with van der Waals surface area (Å²) in [6.07, 6.45) is 0.0637. The van der Waals surface area contributed by atoms with Gasteiger partial charge >= 0.3 is 0 Å². The molecule has 88 valence electrons. The number of carbonyl (C=O) groups excluding carboxylic acids is 1. The zero-order valence-electron chi connectivity index (χ0n) is 10.1. The first-order valence-electron chi connectivity index (χ1n) is 5.54. The Balaban J connectivity index is 2.58. The third-order valence-electron chi connectivity index (χ3n) is 2.37. The topological polar surface area (TPSA) is 52.3 Å². The van der Waals surface area contributed by atoms with Crippen LogP contribution in [0.3, 0.4) is 0 Å². The minimum Gasteiger partial charge on any atom is -0.490 e. The van der Waals surface area contributed by atoms with Crippen LogP contribution in [0.25, 0.3) is 0 Å². The molecular weight excluding hydrogens is 202 g/mol. The second-order valence-corrected chi connectivity index (χ2v) is 4.32. The molecule has 3 heteroatoms. The van der Waals surface area contributed by atoms with Gasteiger partial charge in [-0.3, -0.25) is 4.79 Å². The molecule has 1 amide bonds. The molecule has 0 aliphatic rings. The van der Waals surface area contributed by atoms with Gasteiger partial charge in [0.15, 0.2) is 0 Å². The number of hydrogen-bond donors (Lipinski definition) is 1. The molecule has 0 radical (unpaired) electrons. The lowest BCUT2D eigenvalue weighted by Crippen LogP contribution is -2.22. The number of benzene rings is 1. The highest BCUT2D eigenvalue weighted by atomic mass is 16.5. The lowest BCUT2D eigenvalue weighted by molar-refractivity contribution is -0.119. The summed E-state index contributed by atoms with van der Waals surface area (Å²) in [6.45, 7) is 6.12. The number of primary amides is 1. The number of nitrogens with two attached hydrogens (primary N) is 1. The number of hydrogen-bond acceptors (Lipinski definition) is 2. The van der Waals surface area contributed by atoms with Crippen LogP contribution in [0.5, 0.6) is 5.75 Å². The van der Waals surface area contributed by atoms with Crippen molar-refractivity contribution in [1.82, 2.24) is 0 Å². The highest BCUT2D eigenvalue weighted by Gasteiger charge is 2.07. The van der Waals surface area contributed by atoms with Gasteiger partial charge in [0.25, 0.3) is 0 Å². The Bertz CT molecular complexity index is 343. The van der Waals surface area contributed by atoms with Gasteiger partial charge in [-0.05, 0) is 30.5 Å². The van der Waals surface area contributed by atoms with Gasteiger partial charge in [0.2, 0.25) is 5.91 Å². The SMILES string of the molecule is CC(CC(N)=O)Oc1ccc(C(C)C)cc1. The van der Waals surface area contributed by atoms with Crippen LogP contribution in [0.15, 0.2) is 24.3 Å². The van der Waals surface area contributed by atoms with Crippen LogP contribution in [0.4, 0.5) is 0 Å². The first kappa shape index (κ1) is 12.6. The summed E-state index contributed by atoms with van der Waals surface area (Å²) < 4.78 is 5.56. The molecule has 1 rings (SSSR count). The first-order chi connectivity index (χ1) is 7.49. The van der Waals surface area contributed by atoms with Gasteiger partial charge in [-0.15, -0.1) is 0 Å². The average molecular weight is 221 g/mol. The molecule has 0 fully saturated rings. The summed E-state index contributed by atoms with van der Waals surface area (Å²) in [6, 6.07) is 7.92. The molecule has 1 unspecified atom stereocenters. The van der Waals surface area contributed by atoms with E-state index in [1.54, 1.807) is 0 Å². The van der Waals surface area contributed by atoms with Gasteiger partial charge in [0.1, 0.15) is 11.9 Å². The van der Waals surface area contributed by atoms with E-state index in [1.165, 1.54) is 5.56 Å². The van der Waals surface area contributed by atoms with Crippen LogP contribution in [0.1, 0.15) is 38.7 Å². The first-order valence-corrected chi connectivity index (χ1v) is 5.54. The molecule has 0 bridgehead atoms. The van der Waals surface area contributed by atoms with Gasteiger partial charge in [0.05, 0.1) is 6.42 Å². The molecule has 0 spiro atoms. The molecule has 16 heavy (non-hydrogen) atoms. The molecule has 1 aromatic carbocycles. The maximum Gasteiger partial charge on any atom is 0.221 e. The molecular formula is C13H19NO2. The van der Waals surface area contributed by atoms with Crippen LogP contribution in [0, 0.1) is 0 Å². The standard InChI is InChI=1S/C13H19NO2/c1-9(2)11-4-6-12(7-5-11)16-10(3)8-13(14)15/h4-7,9-10H,8H2,1-3H3,(H2,14,15). The zero-order valence-corrected chi connectivity index (χ0v) is 10.1. The van der Waals surface area contributed by atoms with Crippen LogP contribution < -0.4 is 10.5 Å². The highest BCUT2D eigenvalue weighted by molar-refractivity contribution is 5.74. The number of carbonyl (C=O) groups is 1. The van der Waals surface area contributed by atoms with E-state index < -0.39 is 0 Å². The van der Waals surface area contributed by atoms with Crippen LogP contribution >= 0.6 is 0 Å². The lowest BCUT2D eigenvalue weighted by atomic mass is 10.0. The maximum absolute atomic E-state index is 10.7. The van der Waals surface area contributed by atoms with Crippen molar-refractivity contribution in [2.75, 3.05) is 0 Å². The maximum atomic E-state index is 10.7. The summed E-state index contributed by atoms with van der Waals surface area (Å²) >= 11 is 0. The van der Waals surface area contributed by atoms with Gasteiger partial charge in [-0.25, -0.2) is 0 Å². The fraction of sp³-hybridized carbons (Fsp3) is 0.462. The van der Waals surface area contributed by atoms with Crippen molar-refractivity contribution in [2.45, 2.75) is 39.2 Å². The summed E-state index contributed by atoms with van der Waals surface area (Å²) in [4.78, 5) is 10.7. The van der Waals surface area contributed by atoms with Crippen molar-refractivity contribution >= 4 is 5.91 Å². The summed E-state index contributed by atoms with van der Waals surface area (Å²) in [5.41, 5.74) is 6.36. The minimum absolute atomic E-state index is 0.178. The van der Waals surface area contributed by atoms with E-state index in [9.17, 15) is 4.79 Å². The van der Waals surface area contributed by atoms with Crippen molar-refractivity contribution < 1.29 is 9.53 Å². The van der Waals surface area contributed by atoms with Gasteiger partial charge in [-0.1, -0.05) is 26.0 Å². The Morgan fingerprint density at radius 2 is 1.81 bits per heavy atom. The van der Waals surface area contributed by atoms with Gasteiger partial charge in [0, 0.05) is 0 Å². The van der Waals surface area contributed by atoms with E-state index in [1.807, 2.05) is 31.2 Å². The monoisotopic (exact) mass is 221 g/mol. The second-order valence-electron chi connectivity index (χ2n) is 4.32. The Kier molecular flexibility index (Phi) is 4.35. The molecule has 1 aromatic rings. The van der Waals surface area contributed by atoms with Gasteiger partial charge < -0.3 is 10.5 Å². The van der Waals surface area contributed by atoms with Crippen molar-refractivity contribution in [3.63, 3.8) is 0 Å². The molecule has 0 heterocycles. The molecule has 1 atom stereocenters. The van der Waals surface area contributed by atoms with E-state index in [4.69, 9.17) is 10.5 Å². The average Bonchev–Trinajstić information content (AvgIpc) is 2.16. The fourth-order valence-corrected chi connectivity index (χ4v) is 1.49. The third kappa shape index (κ3) is 3.93. The van der Waals surface area contributed by atoms with Crippen LogP contribution in [0.2, 0.25) is 0 Å². The molecule has 0 aromatic heterocycles. The fourth-order valence-electron chi connectivity index (χ4n) is 1.49. The van der Waals surface area contributed by atoms with Crippen molar-refractivity contribution in [1.29, 1.82) is 0 Å². The van der Waals surface area contributed by atoms with E-state index >= 15 is 0 Å². The molecule has 2 N–H and O–H groups in total.